The number of amides is 1. The number of carbonyl (C=O) groups is 1. The van der Waals surface area contributed by atoms with Crippen LogP contribution < -0.4 is 19.9 Å². The first-order valence-electron chi connectivity index (χ1n) is 12.5. The Labute approximate surface area is 202 Å². The molecule has 3 aliphatic rings. The van der Waals surface area contributed by atoms with Crippen molar-refractivity contribution in [2.45, 2.75) is 19.4 Å². The van der Waals surface area contributed by atoms with Gasteiger partial charge < -0.3 is 24.6 Å². The van der Waals surface area contributed by atoms with Crippen molar-refractivity contribution in [3.63, 3.8) is 0 Å². The van der Waals surface area contributed by atoms with Gasteiger partial charge in [0, 0.05) is 63.3 Å². The second-order valence-corrected chi connectivity index (χ2v) is 9.59. The molecule has 0 saturated carbocycles. The number of rotatable bonds is 6. The Morgan fingerprint density at radius 2 is 1.88 bits per heavy atom. The van der Waals surface area contributed by atoms with E-state index in [0.717, 1.165) is 64.7 Å². The lowest BCUT2D eigenvalue weighted by molar-refractivity contribution is -0.125. The van der Waals surface area contributed by atoms with E-state index in [1.165, 1.54) is 22.5 Å². The molecular formula is C27H36N4O3. The number of methoxy groups -OCH3 is 1. The number of aryl methyl sites for hydroxylation is 1. The number of hydrogen-bond acceptors (Lipinski definition) is 6. The van der Waals surface area contributed by atoms with E-state index >= 15 is 0 Å². The van der Waals surface area contributed by atoms with E-state index in [-0.39, 0.29) is 17.9 Å². The SMILES string of the molecule is COc1ccc2c(c1)N1CCN(c3ccc(C)cc3)CC1C(C(=O)NCCN1CCOCC1)C2. The van der Waals surface area contributed by atoms with Gasteiger partial charge >= 0.3 is 0 Å². The molecule has 3 aliphatic heterocycles. The van der Waals surface area contributed by atoms with Crippen molar-refractivity contribution >= 4 is 17.3 Å². The average molecular weight is 465 g/mol. The predicted molar refractivity (Wildman–Crippen MR) is 135 cm³/mol. The molecule has 2 aromatic rings. The van der Waals surface area contributed by atoms with Crippen molar-refractivity contribution < 1.29 is 14.3 Å². The first-order valence-corrected chi connectivity index (χ1v) is 12.5. The third-order valence-corrected chi connectivity index (χ3v) is 7.49. The maximum absolute atomic E-state index is 13.5. The molecule has 34 heavy (non-hydrogen) atoms. The molecule has 5 rings (SSSR count). The Balaban J connectivity index is 1.34. The highest BCUT2D eigenvalue weighted by molar-refractivity contribution is 5.82. The fraction of sp³-hybridized carbons (Fsp3) is 0.519. The highest BCUT2D eigenvalue weighted by atomic mass is 16.5. The quantitative estimate of drug-likeness (QED) is 0.708. The van der Waals surface area contributed by atoms with Gasteiger partial charge in [-0.05, 0) is 37.1 Å². The smallest absolute Gasteiger partial charge is 0.225 e. The summed E-state index contributed by atoms with van der Waals surface area (Å²) < 4.78 is 11.0. The molecule has 0 aliphatic carbocycles. The first-order chi connectivity index (χ1) is 16.6. The Morgan fingerprint density at radius 3 is 2.65 bits per heavy atom. The molecule has 7 nitrogen and oxygen atoms in total. The molecule has 2 saturated heterocycles. The highest BCUT2D eigenvalue weighted by Gasteiger charge is 2.41. The minimum atomic E-state index is -0.0844. The van der Waals surface area contributed by atoms with E-state index in [1.54, 1.807) is 7.11 Å². The van der Waals surface area contributed by atoms with Crippen LogP contribution in [-0.4, -0.2) is 83.0 Å². The summed E-state index contributed by atoms with van der Waals surface area (Å²) in [5.74, 6) is 0.946. The van der Waals surface area contributed by atoms with Gasteiger partial charge in [0.05, 0.1) is 32.3 Å². The summed E-state index contributed by atoms with van der Waals surface area (Å²) >= 11 is 0. The van der Waals surface area contributed by atoms with Gasteiger partial charge in [0.1, 0.15) is 5.75 Å². The van der Waals surface area contributed by atoms with Gasteiger partial charge in [-0.1, -0.05) is 23.8 Å². The van der Waals surface area contributed by atoms with Crippen LogP contribution in [0.2, 0.25) is 0 Å². The van der Waals surface area contributed by atoms with Crippen LogP contribution in [0, 0.1) is 12.8 Å². The van der Waals surface area contributed by atoms with E-state index < -0.39 is 0 Å². The van der Waals surface area contributed by atoms with Crippen molar-refractivity contribution in [3.05, 3.63) is 53.6 Å². The summed E-state index contributed by atoms with van der Waals surface area (Å²) in [5.41, 5.74) is 4.94. The summed E-state index contributed by atoms with van der Waals surface area (Å²) in [6, 6.07) is 15.1. The molecule has 0 aromatic heterocycles. The maximum Gasteiger partial charge on any atom is 0.225 e. The number of nitrogens with one attached hydrogen (secondary N) is 1. The third-order valence-electron chi connectivity index (χ3n) is 7.49. The molecule has 0 radical (unpaired) electrons. The van der Waals surface area contributed by atoms with Gasteiger partial charge in [0.2, 0.25) is 5.91 Å². The zero-order valence-electron chi connectivity index (χ0n) is 20.3. The molecule has 0 spiro atoms. The normalized spacial score (nSPS) is 22.6. The molecule has 2 unspecified atom stereocenters. The molecule has 0 bridgehead atoms. The number of morpholine rings is 1. The topological polar surface area (TPSA) is 57.3 Å². The van der Waals surface area contributed by atoms with Crippen molar-refractivity contribution in [3.8, 4) is 5.75 Å². The second-order valence-electron chi connectivity index (χ2n) is 9.59. The number of nitrogens with zero attached hydrogens (tertiary/aromatic N) is 3. The number of hydrogen-bond donors (Lipinski definition) is 1. The van der Waals surface area contributed by atoms with Crippen LogP contribution in [0.5, 0.6) is 5.75 Å². The summed E-state index contributed by atoms with van der Waals surface area (Å²) in [5, 5.41) is 3.26. The van der Waals surface area contributed by atoms with Gasteiger partial charge in [0.25, 0.3) is 0 Å². The van der Waals surface area contributed by atoms with Crippen molar-refractivity contribution in [2.24, 2.45) is 5.92 Å². The van der Waals surface area contributed by atoms with Gasteiger partial charge in [-0.15, -0.1) is 0 Å². The van der Waals surface area contributed by atoms with E-state index in [1.807, 2.05) is 6.07 Å². The number of anilines is 2. The van der Waals surface area contributed by atoms with Crippen LogP contribution in [0.15, 0.2) is 42.5 Å². The minimum Gasteiger partial charge on any atom is -0.497 e. The van der Waals surface area contributed by atoms with Gasteiger partial charge in [0.15, 0.2) is 0 Å². The third kappa shape index (κ3) is 4.86. The van der Waals surface area contributed by atoms with Gasteiger partial charge in [-0.25, -0.2) is 0 Å². The van der Waals surface area contributed by atoms with Crippen LogP contribution in [0.25, 0.3) is 0 Å². The molecule has 3 heterocycles. The lowest BCUT2D eigenvalue weighted by Crippen LogP contribution is -2.61. The molecule has 2 aromatic carbocycles. The lowest BCUT2D eigenvalue weighted by Gasteiger charge is -2.49. The molecule has 7 heteroatoms. The first kappa shape index (κ1) is 23.0. The Bertz CT molecular complexity index is 990. The largest absolute Gasteiger partial charge is 0.497 e. The van der Waals surface area contributed by atoms with Gasteiger partial charge in [-0.2, -0.15) is 0 Å². The molecular weight excluding hydrogens is 428 g/mol. The number of fused-ring (bicyclic) bond motifs is 3. The molecule has 1 amide bonds. The Morgan fingerprint density at radius 1 is 1.09 bits per heavy atom. The number of ether oxygens (including phenoxy) is 2. The molecule has 2 atom stereocenters. The average Bonchev–Trinajstić information content (AvgIpc) is 2.88. The van der Waals surface area contributed by atoms with Crippen molar-refractivity contribution in [2.75, 3.05) is 75.9 Å². The van der Waals surface area contributed by atoms with Crippen LogP contribution in [0.3, 0.4) is 0 Å². The summed E-state index contributed by atoms with van der Waals surface area (Å²) in [6.45, 7) is 9.76. The predicted octanol–water partition coefficient (Wildman–Crippen LogP) is 2.32. The molecule has 182 valence electrons. The van der Waals surface area contributed by atoms with Gasteiger partial charge in [-0.3, -0.25) is 9.69 Å². The fourth-order valence-electron chi connectivity index (χ4n) is 5.49. The second kappa shape index (κ2) is 10.2. The van der Waals surface area contributed by atoms with Crippen LogP contribution in [0.1, 0.15) is 11.1 Å². The van der Waals surface area contributed by atoms with E-state index in [2.05, 4.69) is 63.3 Å². The zero-order valence-corrected chi connectivity index (χ0v) is 20.3. The summed E-state index contributed by atoms with van der Waals surface area (Å²) in [4.78, 5) is 20.7. The summed E-state index contributed by atoms with van der Waals surface area (Å²) in [7, 11) is 1.71. The van der Waals surface area contributed by atoms with E-state index in [4.69, 9.17) is 9.47 Å². The van der Waals surface area contributed by atoms with E-state index in [9.17, 15) is 4.79 Å². The van der Waals surface area contributed by atoms with Crippen molar-refractivity contribution in [1.82, 2.24) is 10.2 Å². The fourth-order valence-corrected chi connectivity index (χ4v) is 5.49. The Kier molecular flexibility index (Phi) is 6.92. The lowest BCUT2D eigenvalue weighted by atomic mass is 9.83. The van der Waals surface area contributed by atoms with Crippen molar-refractivity contribution in [1.29, 1.82) is 0 Å². The monoisotopic (exact) mass is 464 g/mol. The zero-order chi connectivity index (χ0) is 23.5. The number of carbonyl (C=O) groups excluding carboxylic acids is 1. The highest BCUT2D eigenvalue weighted by Crippen LogP contribution is 2.39. The molecule has 2 fully saturated rings. The van der Waals surface area contributed by atoms with Crippen LogP contribution in [-0.2, 0) is 16.0 Å². The Hall–Kier alpha value is -2.77. The minimum absolute atomic E-state index is 0.0844. The maximum atomic E-state index is 13.5. The number of piperazine rings is 1. The standard InChI is InChI=1S/C27H36N4O3/c1-20-3-6-22(7-4-20)30-11-12-31-25-18-23(33-2)8-5-21(25)17-24(26(31)19-30)27(32)28-9-10-29-13-15-34-16-14-29/h3-8,18,24,26H,9-17,19H2,1-2H3,(H,28,32). The number of benzene rings is 2. The van der Waals surface area contributed by atoms with Crippen LogP contribution in [0.4, 0.5) is 11.4 Å². The summed E-state index contributed by atoms with van der Waals surface area (Å²) in [6.07, 6.45) is 0.756. The van der Waals surface area contributed by atoms with Crippen LogP contribution >= 0.6 is 0 Å². The molecule has 1 N–H and O–H groups in total. The van der Waals surface area contributed by atoms with E-state index in [0.29, 0.717) is 6.54 Å².